The molecular weight excluding hydrogens is 186 g/mol. The van der Waals surface area contributed by atoms with Crippen LogP contribution in [0.4, 0.5) is 0 Å². The molecule has 3 unspecified atom stereocenters. The van der Waals surface area contributed by atoms with Crippen molar-refractivity contribution in [3.05, 3.63) is 29.3 Å². The molecule has 1 aliphatic heterocycles. The molecule has 1 heterocycles. The Hall–Kier alpha value is -1.02. The Balaban J connectivity index is 1.86. The summed E-state index contributed by atoms with van der Waals surface area (Å²) in [5.74, 6) is 2.56. The molecule has 1 saturated carbocycles. The van der Waals surface area contributed by atoms with Crippen LogP contribution >= 0.6 is 0 Å². The fourth-order valence-electron chi connectivity index (χ4n) is 2.51. The first-order valence-corrected chi connectivity index (χ1v) is 5.77. The number of hydrogen-bond acceptors (Lipinski definition) is 2. The highest BCUT2D eigenvalue weighted by molar-refractivity contribution is 5.41. The molecule has 0 spiro atoms. The first-order valence-electron chi connectivity index (χ1n) is 5.77. The van der Waals surface area contributed by atoms with Gasteiger partial charge in [-0.2, -0.15) is 0 Å². The maximum atomic E-state index is 6.24. The number of hydrogen-bond donors (Lipinski definition) is 1. The third-order valence-corrected chi connectivity index (χ3v) is 3.73. The van der Waals surface area contributed by atoms with Gasteiger partial charge in [0.15, 0.2) is 0 Å². The zero-order valence-corrected chi connectivity index (χ0v) is 9.07. The standard InChI is InChI=1S/C13H17NO/c1-8-6-11(8)13(14)10-2-3-12-9(7-10)4-5-15-12/h2-3,7-8,11,13H,4-6,14H2,1H3. The number of benzene rings is 1. The maximum absolute atomic E-state index is 6.24. The zero-order chi connectivity index (χ0) is 10.4. The summed E-state index contributed by atoms with van der Waals surface area (Å²) in [5.41, 5.74) is 8.86. The minimum absolute atomic E-state index is 0.228. The van der Waals surface area contributed by atoms with E-state index in [1.807, 2.05) is 0 Å². The fourth-order valence-corrected chi connectivity index (χ4v) is 2.51. The Bertz CT molecular complexity index is 388. The largest absolute Gasteiger partial charge is 0.493 e. The molecule has 80 valence electrons. The van der Waals surface area contributed by atoms with Crippen molar-refractivity contribution in [2.24, 2.45) is 17.6 Å². The van der Waals surface area contributed by atoms with Crippen LogP contribution in [-0.2, 0) is 6.42 Å². The highest BCUT2D eigenvalue weighted by atomic mass is 16.5. The molecule has 0 radical (unpaired) electrons. The molecule has 0 saturated heterocycles. The van der Waals surface area contributed by atoms with Gasteiger partial charge in [-0.3, -0.25) is 0 Å². The highest BCUT2D eigenvalue weighted by Gasteiger charge is 2.38. The molecule has 0 aromatic heterocycles. The molecule has 3 rings (SSSR count). The van der Waals surface area contributed by atoms with Gasteiger partial charge >= 0.3 is 0 Å². The summed E-state index contributed by atoms with van der Waals surface area (Å²) in [6.45, 7) is 3.11. The molecular formula is C13H17NO. The van der Waals surface area contributed by atoms with Gasteiger partial charge in [-0.05, 0) is 35.4 Å². The molecule has 2 heteroatoms. The van der Waals surface area contributed by atoms with E-state index in [1.54, 1.807) is 0 Å². The summed E-state index contributed by atoms with van der Waals surface area (Å²) >= 11 is 0. The van der Waals surface area contributed by atoms with E-state index in [0.717, 1.165) is 24.7 Å². The fraction of sp³-hybridized carbons (Fsp3) is 0.538. The van der Waals surface area contributed by atoms with Crippen molar-refractivity contribution in [3.8, 4) is 5.75 Å². The van der Waals surface area contributed by atoms with Crippen LogP contribution in [0.3, 0.4) is 0 Å². The summed E-state index contributed by atoms with van der Waals surface area (Å²) in [6, 6.07) is 6.66. The van der Waals surface area contributed by atoms with Gasteiger partial charge in [-0.1, -0.05) is 19.1 Å². The molecule has 1 aromatic carbocycles. The summed E-state index contributed by atoms with van der Waals surface area (Å²) in [5, 5.41) is 0. The summed E-state index contributed by atoms with van der Waals surface area (Å²) in [4.78, 5) is 0. The number of fused-ring (bicyclic) bond motifs is 1. The average Bonchev–Trinajstić information content (AvgIpc) is 2.80. The van der Waals surface area contributed by atoms with E-state index in [0.29, 0.717) is 5.92 Å². The molecule has 0 amide bonds. The van der Waals surface area contributed by atoms with Crippen molar-refractivity contribution in [1.82, 2.24) is 0 Å². The quantitative estimate of drug-likeness (QED) is 0.800. The van der Waals surface area contributed by atoms with Gasteiger partial charge in [0.25, 0.3) is 0 Å². The van der Waals surface area contributed by atoms with E-state index >= 15 is 0 Å². The lowest BCUT2D eigenvalue weighted by molar-refractivity contribution is 0.356. The number of nitrogens with two attached hydrogens (primary N) is 1. The third kappa shape index (κ3) is 1.53. The van der Waals surface area contributed by atoms with Gasteiger partial charge in [0.1, 0.15) is 5.75 Å². The van der Waals surface area contributed by atoms with Crippen LogP contribution in [0.2, 0.25) is 0 Å². The topological polar surface area (TPSA) is 35.2 Å². The molecule has 15 heavy (non-hydrogen) atoms. The van der Waals surface area contributed by atoms with Gasteiger partial charge in [0.2, 0.25) is 0 Å². The Morgan fingerprint density at radius 1 is 1.47 bits per heavy atom. The number of ether oxygens (including phenoxy) is 1. The van der Waals surface area contributed by atoms with Crippen molar-refractivity contribution in [2.75, 3.05) is 6.61 Å². The van der Waals surface area contributed by atoms with E-state index in [1.165, 1.54) is 17.5 Å². The van der Waals surface area contributed by atoms with E-state index < -0.39 is 0 Å². The first kappa shape index (κ1) is 9.22. The van der Waals surface area contributed by atoms with Crippen LogP contribution in [-0.4, -0.2) is 6.61 Å². The highest BCUT2D eigenvalue weighted by Crippen LogP contribution is 2.46. The van der Waals surface area contributed by atoms with Gasteiger partial charge < -0.3 is 10.5 Å². The van der Waals surface area contributed by atoms with Gasteiger partial charge in [-0.15, -0.1) is 0 Å². The van der Waals surface area contributed by atoms with Crippen molar-refractivity contribution < 1.29 is 4.74 Å². The Morgan fingerprint density at radius 3 is 3.00 bits per heavy atom. The second kappa shape index (κ2) is 3.24. The van der Waals surface area contributed by atoms with Gasteiger partial charge in [0.05, 0.1) is 6.61 Å². The second-order valence-corrected chi connectivity index (χ2v) is 4.87. The molecule has 0 bridgehead atoms. The molecule has 2 nitrogen and oxygen atoms in total. The third-order valence-electron chi connectivity index (χ3n) is 3.73. The molecule has 1 aromatic rings. The second-order valence-electron chi connectivity index (χ2n) is 4.87. The Kier molecular flexibility index (Phi) is 1.99. The van der Waals surface area contributed by atoms with Crippen molar-refractivity contribution >= 4 is 0 Å². The van der Waals surface area contributed by atoms with Crippen molar-refractivity contribution in [1.29, 1.82) is 0 Å². The van der Waals surface area contributed by atoms with Gasteiger partial charge in [-0.25, -0.2) is 0 Å². The van der Waals surface area contributed by atoms with E-state index in [9.17, 15) is 0 Å². The predicted molar refractivity (Wildman–Crippen MR) is 59.8 cm³/mol. The molecule has 3 atom stereocenters. The summed E-state index contributed by atoms with van der Waals surface area (Å²) in [7, 11) is 0. The first-order chi connectivity index (χ1) is 7.25. The minimum atomic E-state index is 0.228. The van der Waals surface area contributed by atoms with Crippen molar-refractivity contribution in [3.63, 3.8) is 0 Å². The van der Waals surface area contributed by atoms with Crippen LogP contribution < -0.4 is 10.5 Å². The molecule has 1 aliphatic carbocycles. The lowest BCUT2D eigenvalue weighted by atomic mass is 9.99. The lowest BCUT2D eigenvalue weighted by Gasteiger charge is -2.12. The lowest BCUT2D eigenvalue weighted by Crippen LogP contribution is -2.13. The predicted octanol–water partition coefficient (Wildman–Crippen LogP) is 2.28. The van der Waals surface area contributed by atoms with Crippen LogP contribution in [0.5, 0.6) is 5.75 Å². The average molecular weight is 203 g/mol. The van der Waals surface area contributed by atoms with Gasteiger partial charge in [0, 0.05) is 12.5 Å². The van der Waals surface area contributed by atoms with E-state index in [4.69, 9.17) is 10.5 Å². The molecule has 2 aliphatic rings. The van der Waals surface area contributed by atoms with E-state index in [2.05, 4.69) is 25.1 Å². The molecule has 2 N–H and O–H groups in total. The molecule has 1 fully saturated rings. The van der Waals surface area contributed by atoms with Crippen LogP contribution in [0, 0.1) is 11.8 Å². The smallest absolute Gasteiger partial charge is 0.122 e. The summed E-state index contributed by atoms with van der Waals surface area (Å²) in [6.07, 6.45) is 2.32. The minimum Gasteiger partial charge on any atom is -0.493 e. The normalized spacial score (nSPS) is 29.5. The van der Waals surface area contributed by atoms with E-state index in [-0.39, 0.29) is 6.04 Å². The van der Waals surface area contributed by atoms with Crippen LogP contribution in [0.15, 0.2) is 18.2 Å². The SMILES string of the molecule is CC1CC1C(N)c1ccc2c(c1)CCO2. The zero-order valence-electron chi connectivity index (χ0n) is 9.07. The van der Waals surface area contributed by atoms with Crippen LogP contribution in [0.1, 0.15) is 30.5 Å². The number of rotatable bonds is 2. The monoisotopic (exact) mass is 203 g/mol. The Labute approximate surface area is 90.4 Å². The summed E-state index contributed by atoms with van der Waals surface area (Å²) < 4.78 is 5.49. The van der Waals surface area contributed by atoms with Crippen molar-refractivity contribution in [2.45, 2.75) is 25.8 Å². The van der Waals surface area contributed by atoms with Crippen LogP contribution in [0.25, 0.3) is 0 Å². The Morgan fingerprint density at radius 2 is 2.27 bits per heavy atom. The maximum Gasteiger partial charge on any atom is 0.122 e.